The number of alkyl halides is 2. The van der Waals surface area contributed by atoms with Crippen LogP contribution in [0.1, 0.15) is 0 Å². The van der Waals surface area contributed by atoms with Crippen molar-refractivity contribution in [1.82, 2.24) is 3.20 Å². The van der Waals surface area contributed by atoms with Crippen LogP contribution in [-0.2, 0) is 2.76 Å². The Morgan fingerprint density at radius 2 is 2.20 bits per heavy atom. The Kier molecular flexibility index (Phi) is 5.39. The Balaban J connectivity index is 3.79. The van der Waals surface area contributed by atoms with Gasteiger partial charge >= 0.3 is 83.2 Å². The quantitative estimate of drug-likeness (QED) is 0.271. The summed E-state index contributed by atoms with van der Waals surface area (Å²) in [6.45, 7) is 7.21. The van der Waals surface area contributed by atoms with Crippen molar-refractivity contribution < 1.29 is 21.9 Å². The van der Waals surface area contributed by atoms with Crippen LogP contribution < -0.4 is 22.3 Å². The van der Waals surface area contributed by atoms with E-state index in [9.17, 15) is 0 Å². The van der Waals surface area contributed by atoms with E-state index >= 15 is 0 Å². The van der Waals surface area contributed by atoms with E-state index in [-0.39, 0.29) is 0 Å². The Morgan fingerprint density at radius 3 is 2.50 bits per heavy atom. The van der Waals surface area contributed by atoms with Crippen LogP contribution in [0.25, 0.3) is 3.06 Å². The topological polar surface area (TPSA) is 25.6 Å². The summed E-state index contributed by atoms with van der Waals surface area (Å²) in [5.41, 5.74) is 0. The molecule has 0 unspecified atom stereocenters. The number of rotatable bonds is 3. The van der Waals surface area contributed by atoms with E-state index in [4.69, 9.17) is 9.33 Å². The molecule has 0 heterocycles. The van der Waals surface area contributed by atoms with E-state index in [1.807, 2.05) is 16.4 Å². The third-order valence-corrected chi connectivity index (χ3v) is 10.4. The third-order valence-electron chi connectivity index (χ3n) is 0.673. The first-order valence-electron chi connectivity index (χ1n) is 2.48. The number of hydrogen-bond acceptors (Lipinski definition) is 2. The number of nitrogens with one attached hydrogen (secondary N) is 1. The molecule has 0 bridgehead atoms. The average molecular weight is 385 g/mol. The molecule has 0 aromatic carbocycles. The average Bonchev–Trinajstić information content (AvgIpc) is 1.87. The second kappa shape index (κ2) is 4.86. The molecule has 0 spiro atoms. The van der Waals surface area contributed by atoms with Gasteiger partial charge in [-0.15, -0.1) is 0 Å². The van der Waals surface area contributed by atoms with Crippen LogP contribution in [0.4, 0.5) is 0 Å². The molecule has 61 valence electrons. The normalized spacial score (nSPS) is 13.2. The fraction of sp³-hybridized carbons (Fsp3) is 0.750. The van der Waals surface area contributed by atoms with Crippen LogP contribution >= 0.6 is 22.9 Å². The van der Waals surface area contributed by atoms with E-state index in [1.54, 1.807) is 0 Å². The van der Waals surface area contributed by atoms with Gasteiger partial charge in [0.2, 0.25) is 0 Å². The fourth-order valence-electron chi connectivity index (χ4n) is 0.318. The Labute approximate surface area is 82.4 Å². The summed E-state index contributed by atoms with van der Waals surface area (Å²) >= 11 is -0.187. The van der Waals surface area contributed by atoms with E-state index in [2.05, 4.69) is 29.1 Å². The summed E-state index contributed by atoms with van der Waals surface area (Å²) in [7, 11) is -0.855. The van der Waals surface area contributed by atoms with Gasteiger partial charge < -0.3 is 0 Å². The molecule has 3 nitrogen and oxygen atoms in total. The first-order chi connectivity index (χ1) is 4.52. The zero-order chi connectivity index (χ0) is 8.20. The van der Waals surface area contributed by atoms with Crippen molar-refractivity contribution in [1.29, 1.82) is 0 Å². The summed E-state index contributed by atoms with van der Waals surface area (Å²) in [6.07, 6.45) is 0. The van der Waals surface area contributed by atoms with Gasteiger partial charge in [0.1, 0.15) is 0 Å². The van der Waals surface area contributed by atoms with Gasteiger partial charge in [-0.1, -0.05) is 0 Å². The summed E-state index contributed by atoms with van der Waals surface area (Å²) in [6, 6.07) is 0. The Bertz CT molecular complexity index is 147. The Hall–Kier alpha value is 1.09. The van der Waals surface area contributed by atoms with Crippen molar-refractivity contribution in [3.05, 3.63) is 3.06 Å². The van der Waals surface area contributed by atoms with Gasteiger partial charge in [0.25, 0.3) is 0 Å². The standard InChI is InChI=1S/C4H11I2N2OSi/c1-6(2,7-3)9-10(4)8-5/h3,8H,1-2,4H3. The molecule has 0 rings (SSSR count). The van der Waals surface area contributed by atoms with Crippen LogP contribution in [0, 0.1) is 6.57 Å². The van der Waals surface area contributed by atoms with Gasteiger partial charge in [-0.25, -0.2) is 0 Å². The van der Waals surface area contributed by atoms with Crippen molar-refractivity contribution in [2.45, 2.75) is 6.55 Å². The molecule has 0 aliphatic carbocycles. The number of nitrogens with zero attached hydrogens (tertiary/aromatic N) is 1. The first kappa shape index (κ1) is 11.1. The van der Waals surface area contributed by atoms with Crippen LogP contribution in [-0.4, -0.2) is 19.1 Å². The summed E-state index contributed by atoms with van der Waals surface area (Å²) < 4.78 is 12.4. The summed E-state index contributed by atoms with van der Waals surface area (Å²) in [4.78, 5) is 4.02. The van der Waals surface area contributed by atoms with E-state index < -0.39 is 28.3 Å². The van der Waals surface area contributed by atoms with Crippen LogP contribution in [0.15, 0.2) is 0 Å². The van der Waals surface area contributed by atoms with Gasteiger partial charge in [-0.3, -0.25) is 0 Å². The zero-order valence-corrected chi connectivity index (χ0v) is 11.5. The SMILES string of the molecule is C#[N+][I-](C)(C)O[Si](C)NI. The van der Waals surface area contributed by atoms with Gasteiger partial charge in [0, 0.05) is 0 Å². The maximum absolute atomic E-state index is 5.61. The van der Waals surface area contributed by atoms with E-state index in [0.717, 1.165) is 0 Å². The molecule has 0 aliphatic heterocycles. The third kappa shape index (κ3) is 4.83. The predicted octanol–water partition coefficient (Wildman–Crippen LogP) is -1.73. The molecule has 0 aliphatic rings. The molecule has 0 atom stereocenters. The molecule has 0 saturated carbocycles. The molecular formula is C4H11I2N2OSi. The predicted molar refractivity (Wildman–Crippen MR) is 50.0 cm³/mol. The van der Waals surface area contributed by atoms with Gasteiger partial charge in [0.05, 0.1) is 0 Å². The van der Waals surface area contributed by atoms with E-state index in [0.29, 0.717) is 0 Å². The molecule has 0 fully saturated rings. The molecule has 6 heteroatoms. The van der Waals surface area contributed by atoms with Gasteiger partial charge in [-0.05, 0) is 0 Å². The molecule has 1 N–H and O–H groups in total. The van der Waals surface area contributed by atoms with Crippen molar-refractivity contribution in [3.63, 3.8) is 0 Å². The summed E-state index contributed by atoms with van der Waals surface area (Å²) in [5.74, 6) is 0. The van der Waals surface area contributed by atoms with Crippen LogP contribution in [0.3, 0.4) is 0 Å². The maximum atomic E-state index is 5.61. The van der Waals surface area contributed by atoms with Crippen molar-refractivity contribution in [3.8, 4) is 6.57 Å². The minimum absolute atomic E-state index is 0.855. The minimum atomic E-state index is -2.27. The Morgan fingerprint density at radius 1 is 1.70 bits per heavy atom. The number of hydrogen-bond donors (Lipinski definition) is 1. The fourth-order valence-corrected chi connectivity index (χ4v) is 8.07. The molecule has 0 saturated heterocycles. The first-order valence-corrected chi connectivity index (χ1v) is 11.6. The molecule has 0 amide bonds. The molecular weight excluding hydrogens is 374 g/mol. The molecule has 1 radical (unpaired) electrons. The summed E-state index contributed by atoms with van der Waals surface area (Å²) in [5, 5.41) is 0. The second-order valence-corrected chi connectivity index (χ2v) is 13.1. The monoisotopic (exact) mass is 385 g/mol. The zero-order valence-electron chi connectivity index (χ0n) is 6.19. The van der Waals surface area contributed by atoms with Crippen molar-refractivity contribution in [2.75, 3.05) is 9.86 Å². The van der Waals surface area contributed by atoms with E-state index in [1.165, 1.54) is 0 Å². The van der Waals surface area contributed by atoms with Gasteiger partial charge in [-0.2, -0.15) is 0 Å². The van der Waals surface area contributed by atoms with Crippen molar-refractivity contribution >= 4 is 32.1 Å². The molecule has 10 heavy (non-hydrogen) atoms. The van der Waals surface area contributed by atoms with Crippen molar-refractivity contribution in [2.24, 2.45) is 0 Å². The number of halogens is 2. The van der Waals surface area contributed by atoms with Gasteiger partial charge in [0.15, 0.2) is 0 Å². The van der Waals surface area contributed by atoms with Crippen LogP contribution in [0.2, 0.25) is 6.55 Å². The molecule has 0 aromatic heterocycles. The molecule has 0 aromatic rings. The van der Waals surface area contributed by atoms with Crippen LogP contribution in [0.5, 0.6) is 0 Å². The second-order valence-electron chi connectivity index (χ2n) is 1.92.